The Morgan fingerprint density at radius 2 is 1.35 bits per heavy atom. The van der Waals surface area contributed by atoms with Gasteiger partial charge in [0.2, 0.25) is 0 Å². The molecule has 0 amide bonds. The van der Waals surface area contributed by atoms with Gasteiger partial charge in [0.05, 0.1) is 0 Å². The third-order valence-corrected chi connectivity index (χ3v) is 7.69. The van der Waals surface area contributed by atoms with E-state index in [0.717, 1.165) is 11.1 Å². The molecule has 0 heteroatoms. The molecule has 34 heavy (non-hydrogen) atoms. The van der Waals surface area contributed by atoms with E-state index in [4.69, 9.17) is 0 Å². The maximum atomic E-state index is 4.13. The summed E-state index contributed by atoms with van der Waals surface area (Å²) in [7, 11) is 0. The molecule has 0 spiro atoms. The zero-order chi connectivity index (χ0) is 25.3. The van der Waals surface area contributed by atoms with Gasteiger partial charge in [0.25, 0.3) is 0 Å². The van der Waals surface area contributed by atoms with E-state index in [2.05, 4.69) is 108 Å². The quantitative estimate of drug-likeness (QED) is 0.392. The van der Waals surface area contributed by atoms with Crippen molar-refractivity contribution in [3.05, 3.63) is 101 Å². The molecule has 2 aromatic carbocycles. The Balaban J connectivity index is 0.000000507. The van der Waals surface area contributed by atoms with Crippen LogP contribution in [-0.4, -0.2) is 0 Å². The van der Waals surface area contributed by atoms with Crippen molar-refractivity contribution in [3.8, 4) is 0 Å². The van der Waals surface area contributed by atoms with Gasteiger partial charge in [-0.2, -0.15) is 0 Å². The van der Waals surface area contributed by atoms with Crippen molar-refractivity contribution in [2.75, 3.05) is 0 Å². The van der Waals surface area contributed by atoms with Crippen LogP contribution in [0.2, 0.25) is 0 Å². The fraction of sp³-hybridized carbons (Fsp3) is 0.471. The Morgan fingerprint density at radius 3 is 1.85 bits per heavy atom. The highest BCUT2D eigenvalue weighted by Crippen LogP contribution is 2.50. The molecule has 184 valence electrons. The summed E-state index contributed by atoms with van der Waals surface area (Å²) in [6.07, 6.45) is 12.2. The van der Waals surface area contributed by atoms with Crippen LogP contribution in [-0.2, 0) is 5.41 Å². The Labute approximate surface area is 210 Å². The van der Waals surface area contributed by atoms with Crippen molar-refractivity contribution < 1.29 is 0 Å². The lowest BCUT2D eigenvalue weighted by Gasteiger charge is -2.27. The van der Waals surface area contributed by atoms with Gasteiger partial charge in [-0.25, -0.2) is 0 Å². The van der Waals surface area contributed by atoms with E-state index >= 15 is 0 Å². The van der Waals surface area contributed by atoms with Gasteiger partial charge in [-0.15, -0.1) is 0 Å². The molecular formula is C34H48. The Hall–Kier alpha value is -2.34. The molecule has 0 bridgehead atoms. The molecule has 2 aliphatic carbocycles. The van der Waals surface area contributed by atoms with Crippen molar-refractivity contribution in [1.82, 2.24) is 0 Å². The van der Waals surface area contributed by atoms with Crippen LogP contribution in [0, 0.1) is 5.92 Å². The average molecular weight is 457 g/mol. The molecule has 0 unspecified atom stereocenters. The Kier molecular flexibility index (Phi) is 10.6. The first-order valence-corrected chi connectivity index (χ1v) is 13.4. The SMILES string of the molecule is C1CCCC1.C=C(C)C(C(=C)C)c1ccc(C=C[C@H]2c3ccccc3C(C)(C)[C@@H]2C)cc1.CC. The first-order valence-electron chi connectivity index (χ1n) is 13.4. The number of allylic oxidation sites excluding steroid dienone is 3. The molecule has 0 aliphatic heterocycles. The third-order valence-electron chi connectivity index (χ3n) is 7.69. The van der Waals surface area contributed by atoms with Crippen LogP contribution >= 0.6 is 0 Å². The Bertz CT molecular complexity index is 928. The van der Waals surface area contributed by atoms with E-state index in [1.807, 2.05) is 13.8 Å². The molecule has 0 saturated heterocycles. The van der Waals surface area contributed by atoms with E-state index in [0.29, 0.717) is 11.8 Å². The summed E-state index contributed by atoms with van der Waals surface area (Å²) in [5, 5.41) is 0. The smallest absolute Gasteiger partial charge is 0.0247 e. The van der Waals surface area contributed by atoms with Gasteiger partial charge >= 0.3 is 0 Å². The van der Waals surface area contributed by atoms with Crippen molar-refractivity contribution in [2.45, 2.75) is 97.8 Å². The molecule has 0 N–H and O–H groups in total. The van der Waals surface area contributed by atoms with E-state index in [1.165, 1.54) is 54.4 Å². The molecular weight excluding hydrogens is 408 g/mol. The molecule has 1 saturated carbocycles. The fourth-order valence-electron chi connectivity index (χ4n) is 5.50. The molecule has 2 aromatic rings. The van der Waals surface area contributed by atoms with Gasteiger partial charge in [-0.1, -0.05) is 152 Å². The number of rotatable bonds is 5. The summed E-state index contributed by atoms with van der Waals surface area (Å²) in [6, 6.07) is 17.8. The molecule has 0 nitrogen and oxygen atoms in total. The summed E-state index contributed by atoms with van der Waals surface area (Å²) in [4.78, 5) is 0. The monoisotopic (exact) mass is 456 g/mol. The van der Waals surface area contributed by atoms with Crippen LogP contribution in [0.15, 0.2) is 78.9 Å². The molecule has 0 aromatic heterocycles. The van der Waals surface area contributed by atoms with E-state index in [-0.39, 0.29) is 11.3 Å². The molecule has 0 radical (unpaired) electrons. The van der Waals surface area contributed by atoms with Gasteiger partial charge in [0.1, 0.15) is 0 Å². The first-order chi connectivity index (χ1) is 16.2. The number of benzene rings is 2. The maximum absolute atomic E-state index is 4.13. The zero-order valence-electron chi connectivity index (χ0n) is 23.0. The lowest BCUT2D eigenvalue weighted by atomic mass is 9.77. The molecule has 4 rings (SSSR count). The normalized spacial score (nSPS) is 20.2. The van der Waals surface area contributed by atoms with Gasteiger partial charge in [-0.3, -0.25) is 0 Å². The molecule has 2 aliphatic rings. The minimum atomic E-state index is 0.214. The highest BCUT2D eigenvalue weighted by atomic mass is 14.5. The number of hydrogen-bond donors (Lipinski definition) is 0. The second kappa shape index (κ2) is 12.9. The van der Waals surface area contributed by atoms with E-state index in [1.54, 1.807) is 0 Å². The van der Waals surface area contributed by atoms with Crippen LogP contribution in [0.25, 0.3) is 6.08 Å². The minimum Gasteiger partial charge on any atom is -0.0992 e. The first kappa shape index (κ1) is 27.9. The van der Waals surface area contributed by atoms with Gasteiger partial charge < -0.3 is 0 Å². The maximum Gasteiger partial charge on any atom is 0.0247 e. The van der Waals surface area contributed by atoms with Gasteiger partial charge in [0.15, 0.2) is 0 Å². The Morgan fingerprint density at radius 1 is 0.853 bits per heavy atom. The lowest BCUT2D eigenvalue weighted by Crippen LogP contribution is -2.22. The van der Waals surface area contributed by atoms with Gasteiger partial charge in [0, 0.05) is 11.8 Å². The van der Waals surface area contributed by atoms with Crippen molar-refractivity contribution in [3.63, 3.8) is 0 Å². The summed E-state index contributed by atoms with van der Waals surface area (Å²) in [6.45, 7) is 23.5. The van der Waals surface area contributed by atoms with E-state index < -0.39 is 0 Å². The predicted octanol–water partition coefficient (Wildman–Crippen LogP) is 10.6. The topological polar surface area (TPSA) is 0 Å². The highest BCUT2D eigenvalue weighted by Gasteiger charge is 2.41. The fourth-order valence-corrected chi connectivity index (χ4v) is 5.50. The van der Waals surface area contributed by atoms with Crippen molar-refractivity contribution in [2.24, 2.45) is 5.92 Å². The van der Waals surface area contributed by atoms with Crippen LogP contribution in [0.4, 0.5) is 0 Å². The zero-order valence-corrected chi connectivity index (χ0v) is 23.0. The van der Waals surface area contributed by atoms with Crippen LogP contribution < -0.4 is 0 Å². The third kappa shape index (κ3) is 6.62. The average Bonchev–Trinajstić information content (AvgIpc) is 3.46. The van der Waals surface area contributed by atoms with Crippen molar-refractivity contribution >= 4 is 6.08 Å². The number of fused-ring (bicyclic) bond motifs is 1. The molecule has 1 fully saturated rings. The van der Waals surface area contributed by atoms with Crippen LogP contribution in [0.1, 0.15) is 115 Å². The molecule has 2 atom stereocenters. The summed E-state index contributed by atoms with van der Waals surface area (Å²) < 4.78 is 0. The highest BCUT2D eigenvalue weighted by molar-refractivity contribution is 5.55. The minimum absolute atomic E-state index is 0.214. The second-order valence-electron chi connectivity index (χ2n) is 10.5. The summed E-state index contributed by atoms with van der Waals surface area (Å²) in [5.41, 5.74) is 7.99. The number of hydrogen-bond acceptors (Lipinski definition) is 0. The second-order valence-corrected chi connectivity index (χ2v) is 10.5. The largest absolute Gasteiger partial charge is 0.0992 e. The summed E-state index contributed by atoms with van der Waals surface area (Å²) in [5.74, 6) is 1.29. The van der Waals surface area contributed by atoms with E-state index in [9.17, 15) is 0 Å². The van der Waals surface area contributed by atoms with Crippen molar-refractivity contribution in [1.29, 1.82) is 0 Å². The molecule has 0 heterocycles. The van der Waals surface area contributed by atoms with Crippen LogP contribution in [0.3, 0.4) is 0 Å². The lowest BCUT2D eigenvalue weighted by molar-refractivity contribution is 0.357. The van der Waals surface area contributed by atoms with Gasteiger partial charge in [-0.05, 0) is 47.4 Å². The van der Waals surface area contributed by atoms with Crippen LogP contribution in [0.5, 0.6) is 0 Å². The standard InChI is InChI=1S/C27H32.C5H10.C2H6/c1-18(2)26(19(3)4)22-15-12-21(13-16-22)14-17-23-20(5)27(6,7)25-11-9-8-10-24(23)25;1-2-4-5-3-1;1-2/h8-17,20,23,26H,1,3H2,2,4-7H3;1-5H2;1-2H3/t20-,23-;;/m1../s1. The summed E-state index contributed by atoms with van der Waals surface area (Å²) >= 11 is 0. The predicted molar refractivity (Wildman–Crippen MR) is 154 cm³/mol.